The number of unbranched alkanes of at least 4 members (excludes halogenated alkanes) is 1. The van der Waals surface area contributed by atoms with Crippen molar-refractivity contribution < 1.29 is 4.79 Å². The summed E-state index contributed by atoms with van der Waals surface area (Å²) in [6.45, 7) is 0.811. The summed E-state index contributed by atoms with van der Waals surface area (Å²) in [6, 6.07) is 10.5. The molecule has 1 N–H and O–H groups in total. The van der Waals surface area contributed by atoms with Crippen molar-refractivity contribution >= 4 is 17.0 Å². The predicted molar refractivity (Wildman–Crippen MR) is 87.2 cm³/mol. The Balaban J connectivity index is 1.51. The molecule has 0 saturated heterocycles. The largest absolute Gasteiger partial charge is 0.347 e. The number of hydrogen-bond donors (Lipinski definition) is 1. The van der Waals surface area contributed by atoms with Gasteiger partial charge in [0.2, 0.25) is 0 Å². The first-order valence-electron chi connectivity index (χ1n) is 7.83. The van der Waals surface area contributed by atoms with E-state index in [-0.39, 0.29) is 5.24 Å². The van der Waals surface area contributed by atoms with E-state index in [1.807, 2.05) is 6.07 Å². The second kappa shape index (κ2) is 9.06. The van der Waals surface area contributed by atoms with Crippen molar-refractivity contribution in [2.24, 2.45) is 0 Å². The first-order valence-corrected chi connectivity index (χ1v) is 8.71. The standard InChI is InChI=1S/C17H25NOS/c19-17(20-16-12-5-2-6-13-16)18-14-8-7-11-15-9-3-1-4-10-15/h1,3-4,9-10,16H,2,5-8,11-14H2,(H,18,19). The Hall–Kier alpha value is -0.960. The van der Waals surface area contributed by atoms with Crippen molar-refractivity contribution in [1.29, 1.82) is 0 Å². The van der Waals surface area contributed by atoms with E-state index in [2.05, 4.69) is 29.6 Å². The molecule has 1 aliphatic carbocycles. The topological polar surface area (TPSA) is 29.1 Å². The lowest BCUT2D eigenvalue weighted by molar-refractivity contribution is 0.260. The molecule has 0 bridgehead atoms. The molecule has 1 aliphatic rings. The van der Waals surface area contributed by atoms with Crippen LogP contribution < -0.4 is 5.32 Å². The minimum absolute atomic E-state index is 0.177. The summed E-state index contributed by atoms with van der Waals surface area (Å²) >= 11 is 1.52. The molecule has 20 heavy (non-hydrogen) atoms. The smallest absolute Gasteiger partial charge is 0.279 e. The molecule has 0 aliphatic heterocycles. The molecular weight excluding hydrogens is 266 g/mol. The van der Waals surface area contributed by atoms with Gasteiger partial charge < -0.3 is 5.32 Å². The van der Waals surface area contributed by atoms with Crippen LogP contribution in [0, 0.1) is 0 Å². The van der Waals surface area contributed by atoms with Crippen molar-refractivity contribution in [3.05, 3.63) is 35.9 Å². The predicted octanol–water partition coefficient (Wildman–Crippen LogP) is 4.78. The maximum atomic E-state index is 11.8. The number of hydrogen-bond acceptors (Lipinski definition) is 2. The maximum absolute atomic E-state index is 11.8. The lowest BCUT2D eigenvalue weighted by atomic mass is 10.0. The molecule has 0 unspecified atom stereocenters. The van der Waals surface area contributed by atoms with E-state index < -0.39 is 0 Å². The van der Waals surface area contributed by atoms with Crippen molar-refractivity contribution in [3.63, 3.8) is 0 Å². The number of rotatable bonds is 6. The molecule has 0 atom stereocenters. The Labute approximate surface area is 126 Å². The van der Waals surface area contributed by atoms with Gasteiger partial charge in [0.15, 0.2) is 0 Å². The Morgan fingerprint density at radius 3 is 2.60 bits per heavy atom. The minimum atomic E-state index is 0.177. The lowest BCUT2D eigenvalue weighted by Crippen LogP contribution is -2.23. The summed E-state index contributed by atoms with van der Waals surface area (Å²) in [5.74, 6) is 0. The second-order valence-electron chi connectivity index (χ2n) is 5.53. The molecule has 2 nitrogen and oxygen atoms in total. The van der Waals surface area contributed by atoms with Crippen LogP contribution in [0.3, 0.4) is 0 Å². The van der Waals surface area contributed by atoms with Gasteiger partial charge in [-0.05, 0) is 37.7 Å². The summed E-state index contributed by atoms with van der Waals surface area (Å²) in [7, 11) is 0. The Morgan fingerprint density at radius 2 is 1.85 bits per heavy atom. The zero-order valence-electron chi connectivity index (χ0n) is 12.1. The minimum Gasteiger partial charge on any atom is -0.347 e. The van der Waals surface area contributed by atoms with Gasteiger partial charge in [0.1, 0.15) is 0 Å². The van der Waals surface area contributed by atoms with E-state index in [0.29, 0.717) is 5.25 Å². The van der Waals surface area contributed by atoms with E-state index >= 15 is 0 Å². The third kappa shape index (κ3) is 6.00. The van der Waals surface area contributed by atoms with E-state index in [4.69, 9.17) is 0 Å². The molecule has 1 aromatic rings. The maximum Gasteiger partial charge on any atom is 0.279 e. The number of nitrogens with one attached hydrogen (secondary N) is 1. The highest BCUT2D eigenvalue weighted by Gasteiger charge is 2.17. The van der Waals surface area contributed by atoms with Gasteiger partial charge in [-0.1, -0.05) is 61.4 Å². The Morgan fingerprint density at radius 1 is 1.10 bits per heavy atom. The number of amides is 1. The molecule has 0 heterocycles. The number of thioether (sulfide) groups is 1. The van der Waals surface area contributed by atoms with E-state index in [0.717, 1.165) is 25.8 Å². The van der Waals surface area contributed by atoms with Gasteiger partial charge in [-0.25, -0.2) is 0 Å². The average molecular weight is 291 g/mol. The molecular formula is C17H25NOS. The zero-order chi connectivity index (χ0) is 14.0. The lowest BCUT2D eigenvalue weighted by Gasteiger charge is -2.20. The molecule has 1 saturated carbocycles. The fourth-order valence-corrected chi connectivity index (χ4v) is 3.72. The quantitative estimate of drug-likeness (QED) is 0.764. The molecule has 1 aromatic carbocycles. The summed E-state index contributed by atoms with van der Waals surface area (Å²) in [6.07, 6.45) is 9.66. The highest BCUT2D eigenvalue weighted by molar-refractivity contribution is 8.14. The van der Waals surface area contributed by atoms with Gasteiger partial charge in [-0.2, -0.15) is 0 Å². The van der Waals surface area contributed by atoms with Crippen LogP contribution in [0.4, 0.5) is 4.79 Å². The second-order valence-corrected chi connectivity index (χ2v) is 6.81. The summed E-state index contributed by atoms with van der Waals surface area (Å²) < 4.78 is 0. The third-order valence-electron chi connectivity index (χ3n) is 3.83. The first kappa shape index (κ1) is 15.4. The van der Waals surface area contributed by atoms with E-state index in [1.165, 1.54) is 49.4 Å². The molecule has 0 aromatic heterocycles. The normalized spacial score (nSPS) is 16.0. The van der Waals surface area contributed by atoms with Gasteiger partial charge in [-0.15, -0.1) is 0 Å². The summed E-state index contributed by atoms with van der Waals surface area (Å²) in [5.41, 5.74) is 1.38. The van der Waals surface area contributed by atoms with Crippen LogP contribution in [0.5, 0.6) is 0 Å². The van der Waals surface area contributed by atoms with Gasteiger partial charge in [0.05, 0.1) is 0 Å². The fraction of sp³-hybridized carbons (Fsp3) is 0.588. The highest BCUT2D eigenvalue weighted by atomic mass is 32.2. The van der Waals surface area contributed by atoms with E-state index in [9.17, 15) is 4.79 Å². The van der Waals surface area contributed by atoms with Crippen molar-refractivity contribution in [3.8, 4) is 0 Å². The van der Waals surface area contributed by atoms with Crippen LogP contribution in [-0.2, 0) is 6.42 Å². The molecule has 3 heteroatoms. The Bertz CT molecular complexity index is 387. The number of carbonyl (C=O) groups is 1. The number of benzene rings is 1. The Kier molecular flexibility index (Phi) is 6.99. The molecule has 1 amide bonds. The monoisotopic (exact) mass is 291 g/mol. The SMILES string of the molecule is O=C(NCCCCc1ccccc1)SC1CCCCC1. The molecule has 0 spiro atoms. The zero-order valence-corrected chi connectivity index (χ0v) is 13.0. The average Bonchev–Trinajstić information content (AvgIpc) is 2.49. The van der Waals surface area contributed by atoms with Gasteiger partial charge >= 0.3 is 0 Å². The highest BCUT2D eigenvalue weighted by Crippen LogP contribution is 2.28. The molecule has 1 fully saturated rings. The van der Waals surface area contributed by atoms with Crippen molar-refractivity contribution in [1.82, 2.24) is 5.32 Å². The molecule has 2 rings (SSSR count). The van der Waals surface area contributed by atoms with Crippen LogP contribution >= 0.6 is 11.8 Å². The number of aryl methyl sites for hydroxylation is 1. The van der Waals surface area contributed by atoms with Crippen LogP contribution in [0.25, 0.3) is 0 Å². The molecule has 0 radical (unpaired) electrons. The summed E-state index contributed by atoms with van der Waals surface area (Å²) in [5, 5.41) is 3.78. The van der Waals surface area contributed by atoms with Gasteiger partial charge in [-0.3, -0.25) is 4.79 Å². The van der Waals surface area contributed by atoms with Gasteiger partial charge in [0, 0.05) is 11.8 Å². The van der Waals surface area contributed by atoms with Crippen molar-refractivity contribution in [2.75, 3.05) is 6.54 Å². The molecule has 110 valence electrons. The van der Waals surface area contributed by atoms with E-state index in [1.54, 1.807) is 0 Å². The fourth-order valence-electron chi connectivity index (χ4n) is 2.67. The third-order valence-corrected chi connectivity index (χ3v) is 4.99. The van der Waals surface area contributed by atoms with Crippen molar-refractivity contribution in [2.45, 2.75) is 56.6 Å². The van der Waals surface area contributed by atoms with Crippen LogP contribution in [-0.4, -0.2) is 17.0 Å². The van der Waals surface area contributed by atoms with Crippen LogP contribution in [0.2, 0.25) is 0 Å². The van der Waals surface area contributed by atoms with Crippen LogP contribution in [0.15, 0.2) is 30.3 Å². The number of carbonyl (C=O) groups excluding carboxylic acids is 1. The summed E-state index contributed by atoms with van der Waals surface area (Å²) in [4.78, 5) is 11.8. The first-order chi connectivity index (χ1) is 9.84. The van der Waals surface area contributed by atoms with Crippen LogP contribution in [0.1, 0.15) is 50.5 Å². The van der Waals surface area contributed by atoms with Gasteiger partial charge in [0.25, 0.3) is 5.24 Å².